The van der Waals surface area contributed by atoms with Crippen molar-refractivity contribution in [3.05, 3.63) is 77.9 Å². The third-order valence-corrected chi connectivity index (χ3v) is 4.51. The van der Waals surface area contributed by atoms with Gasteiger partial charge in [-0.15, -0.1) is 0 Å². The molecule has 3 aromatic rings. The van der Waals surface area contributed by atoms with Gasteiger partial charge >= 0.3 is 0 Å². The number of rotatable bonds is 5. The van der Waals surface area contributed by atoms with Crippen molar-refractivity contribution in [3.8, 4) is 22.6 Å². The summed E-state index contributed by atoms with van der Waals surface area (Å²) in [4.78, 5) is 12.3. The van der Waals surface area contributed by atoms with E-state index >= 15 is 0 Å². The number of amides is 1. The minimum atomic E-state index is -0.206. The predicted octanol–water partition coefficient (Wildman–Crippen LogP) is 4.28. The van der Waals surface area contributed by atoms with Crippen LogP contribution in [0.2, 0.25) is 0 Å². The van der Waals surface area contributed by atoms with Gasteiger partial charge in [0, 0.05) is 5.69 Å². The monoisotopic (exact) mass is 345 g/mol. The molecule has 0 saturated heterocycles. The van der Waals surface area contributed by atoms with Gasteiger partial charge < -0.3 is 14.8 Å². The minimum absolute atomic E-state index is 0.0754. The zero-order chi connectivity index (χ0) is 17.9. The zero-order valence-corrected chi connectivity index (χ0v) is 14.5. The average molecular weight is 345 g/mol. The van der Waals surface area contributed by atoms with Crippen molar-refractivity contribution >= 4 is 11.6 Å². The van der Waals surface area contributed by atoms with E-state index in [0.29, 0.717) is 11.5 Å². The van der Waals surface area contributed by atoms with Gasteiger partial charge in [-0.25, -0.2) is 0 Å². The van der Waals surface area contributed by atoms with Crippen LogP contribution in [-0.4, -0.2) is 19.6 Å². The Morgan fingerprint density at radius 2 is 1.65 bits per heavy atom. The molecule has 0 saturated carbocycles. The van der Waals surface area contributed by atoms with Gasteiger partial charge in [-0.3, -0.25) is 4.79 Å². The Kier molecular flexibility index (Phi) is 4.32. The normalized spacial score (nSPS) is 11.4. The molecule has 3 aromatic carbocycles. The van der Waals surface area contributed by atoms with Crippen LogP contribution in [0.25, 0.3) is 11.1 Å². The summed E-state index contributed by atoms with van der Waals surface area (Å²) in [5, 5.41) is 2.91. The second-order valence-electron chi connectivity index (χ2n) is 6.19. The Balaban J connectivity index is 1.45. The predicted molar refractivity (Wildman–Crippen MR) is 102 cm³/mol. The highest BCUT2D eigenvalue weighted by molar-refractivity contribution is 5.93. The number of ether oxygens (including phenoxy) is 2. The van der Waals surface area contributed by atoms with Crippen LogP contribution < -0.4 is 14.8 Å². The highest BCUT2D eigenvalue weighted by Crippen LogP contribution is 2.37. The number of benzene rings is 3. The molecule has 1 aliphatic rings. The first kappa shape index (κ1) is 16.2. The largest absolute Gasteiger partial charge is 0.493 e. The lowest BCUT2D eigenvalue weighted by Gasteiger charge is -2.11. The fourth-order valence-corrected chi connectivity index (χ4v) is 3.28. The number of para-hydroxylation sites is 2. The molecule has 0 fully saturated rings. The number of nitrogens with one attached hydrogen (secondary N) is 1. The fraction of sp³-hybridized carbons (Fsp3) is 0.136. The molecule has 4 nitrogen and oxygen atoms in total. The van der Waals surface area contributed by atoms with Gasteiger partial charge in [0.1, 0.15) is 0 Å². The first-order chi connectivity index (χ1) is 12.7. The summed E-state index contributed by atoms with van der Waals surface area (Å²) in [7, 11) is 1.57. The molecule has 0 aromatic heterocycles. The second-order valence-corrected chi connectivity index (χ2v) is 6.19. The van der Waals surface area contributed by atoms with Gasteiger partial charge in [-0.2, -0.15) is 0 Å². The van der Waals surface area contributed by atoms with Gasteiger partial charge in [0.15, 0.2) is 18.1 Å². The van der Waals surface area contributed by atoms with Crippen LogP contribution in [0.4, 0.5) is 5.69 Å². The number of carbonyl (C=O) groups excluding carboxylic acids is 1. The van der Waals surface area contributed by atoms with Gasteiger partial charge in [0.25, 0.3) is 5.91 Å². The quantitative estimate of drug-likeness (QED) is 0.587. The van der Waals surface area contributed by atoms with Crippen molar-refractivity contribution in [1.29, 1.82) is 0 Å². The standard InChI is InChI=1S/C22H19NO3/c1-25-20-8-4-5-9-21(20)26-14-22(24)23-17-11-10-16-12-15-6-2-3-7-18(15)19(16)13-17/h2-11,13H,12,14H2,1H3,(H,23,24). The lowest BCUT2D eigenvalue weighted by molar-refractivity contribution is -0.118. The van der Waals surface area contributed by atoms with Crippen LogP contribution in [0.15, 0.2) is 66.7 Å². The summed E-state index contributed by atoms with van der Waals surface area (Å²) in [6.07, 6.45) is 0.941. The molecule has 1 N–H and O–H groups in total. The molecule has 0 spiro atoms. The molecular weight excluding hydrogens is 326 g/mol. The molecule has 0 unspecified atom stereocenters. The maximum atomic E-state index is 12.3. The highest BCUT2D eigenvalue weighted by Gasteiger charge is 2.18. The molecule has 0 radical (unpaired) electrons. The van der Waals surface area contributed by atoms with Crippen LogP contribution in [0.5, 0.6) is 11.5 Å². The maximum absolute atomic E-state index is 12.3. The van der Waals surface area contributed by atoms with E-state index in [9.17, 15) is 4.79 Å². The molecule has 26 heavy (non-hydrogen) atoms. The van der Waals surface area contributed by atoms with Crippen LogP contribution in [0.3, 0.4) is 0 Å². The molecule has 4 rings (SSSR count). The number of fused-ring (bicyclic) bond motifs is 3. The van der Waals surface area contributed by atoms with Crippen molar-refractivity contribution in [1.82, 2.24) is 0 Å². The van der Waals surface area contributed by atoms with Crippen molar-refractivity contribution in [3.63, 3.8) is 0 Å². The Labute approximate surface area is 152 Å². The van der Waals surface area contributed by atoms with Crippen LogP contribution >= 0.6 is 0 Å². The summed E-state index contributed by atoms with van der Waals surface area (Å²) in [6, 6.07) is 21.7. The summed E-state index contributed by atoms with van der Waals surface area (Å²) < 4.78 is 10.8. The van der Waals surface area contributed by atoms with Crippen LogP contribution in [-0.2, 0) is 11.2 Å². The minimum Gasteiger partial charge on any atom is -0.493 e. The summed E-state index contributed by atoms with van der Waals surface area (Å²) >= 11 is 0. The van der Waals surface area contributed by atoms with E-state index in [0.717, 1.165) is 12.1 Å². The SMILES string of the molecule is COc1ccccc1OCC(=O)Nc1ccc2c(c1)-c1ccccc1C2. The van der Waals surface area contributed by atoms with Crippen LogP contribution in [0.1, 0.15) is 11.1 Å². The first-order valence-corrected chi connectivity index (χ1v) is 8.51. The molecule has 1 amide bonds. The van der Waals surface area contributed by atoms with Gasteiger partial charge in [-0.1, -0.05) is 42.5 Å². The summed E-state index contributed by atoms with van der Waals surface area (Å²) in [6.45, 7) is -0.0754. The van der Waals surface area contributed by atoms with Crippen molar-refractivity contribution in [2.45, 2.75) is 6.42 Å². The molecule has 0 aliphatic heterocycles. The van der Waals surface area contributed by atoms with E-state index in [4.69, 9.17) is 9.47 Å². The van der Waals surface area contributed by atoms with Crippen LogP contribution in [0, 0.1) is 0 Å². The Bertz CT molecular complexity index is 965. The molecule has 130 valence electrons. The lowest BCUT2D eigenvalue weighted by Crippen LogP contribution is -2.20. The van der Waals surface area contributed by atoms with Crippen molar-refractivity contribution in [2.75, 3.05) is 19.0 Å². The molecule has 0 atom stereocenters. The zero-order valence-electron chi connectivity index (χ0n) is 14.5. The Hall–Kier alpha value is -3.27. The van der Waals surface area contributed by atoms with E-state index in [1.165, 1.54) is 22.3 Å². The number of hydrogen-bond donors (Lipinski definition) is 1. The topological polar surface area (TPSA) is 47.6 Å². The van der Waals surface area contributed by atoms with Gasteiger partial charge in [0.2, 0.25) is 0 Å². The molecule has 0 bridgehead atoms. The van der Waals surface area contributed by atoms with E-state index in [1.807, 2.05) is 30.3 Å². The third kappa shape index (κ3) is 3.14. The molecule has 4 heteroatoms. The van der Waals surface area contributed by atoms with E-state index in [1.54, 1.807) is 19.2 Å². The average Bonchev–Trinajstić information content (AvgIpc) is 3.04. The number of methoxy groups -OCH3 is 1. The molecular formula is C22H19NO3. The van der Waals surface area contributed by atoms with E-state index in [2.05, 4.69) is 29.6 Å². The smallest absolute Gasteiger partial charge is 0.262 e. The Morgan fingerprint density at radius 3 is 2.50 bits per heavy atom. The van der Waals surface area contributed by atoms with E-state index in [-0.39, 0.29) is 12.5 Å². The van der Waals surface area contributed by atoms with Crippen molar-refractivity contribution in [2.24, 2.45) is 0 Å². The third-order valence-electron chi connectivity index (χ3n) is 4.51. The molecule has 1 aliphatic carbocycles. The number of hydrogen-bond acceptors (Lipinski definition) is 3. The lowest BCUT2D eigenvalue weighted by atomic mass is 10.1. The number of carbonyl (C=O) groups is 1. The summed E-state index contributed by atoms with van der Waals surface area (Å²) in [5.74, 6) is 0.949. The molecule has 0 heterocycles. The second kappa shape index (κ2) is 6.92. The van der Waals surface area contributed by atoms with Gasteiger partial charge in [0.05, 0.1) is 7.11 Å². The summed E-state index contributed by atoms with van der Waals surface area (Å²) in [5.41, 5.74) is 5.81. The first-order valence-electron chi connectivity index (χ1n) is 8.51. The van der Waals surface area contributed by atoms with Crippen molar-refractivity contribution < 1.29 is 14.3 Å². The highest BCUT2D eigenvalue weighted by atomic mass is 16.5. The van der Waals surface area contributed by atoms with E-state index < -0.39 is 0 Å². The van der Waals surface area contributed by atoms with Gasteiger partial charge in [-0.05, 0) is 52.9 Å². The fourth-order valence-electron chi connectivity index (χ4n) is 3.28. The maximum Gasteiger partial charge on any atom is 0.262 e. The number of anilines is 1. The Morgan fingerprint density at radius 1 is 0.923 bits per heavy atom.